The molecule has 21 heavy (non-hydrogen) atoms. The molecule has 114 valence electrons. The SMILES string of the molecule is Cc1ccnc([C@@H]2CCN(C(=O)CN3CCOCC3)C2)n1. The van der Waals surface area contributed by atoms with Crippen LogP contribution in [0.5, 0.6) is 0 Å². The van der Waals surface area contributed by atoms with Crippen LogP contribution in [0.25, 0.3) is 0 Å². The van der Waals surface area contributed by atoms with E-state index in [4.69, 9.17) is 4.74 Å². The van der Waals surface area contributed by atoms with Crippen molar-refractivity contribution < 1.29 is 9.53 Å². The third-order valence-corrected chi connectivity index (χ3v) is 4.18. The van der Waals surface area contributed by atoms with Crippen LogP contribution >= 0.6 is 0 Å². The standard InChI is InChI=1S/C15H22N4O2/c1-12-2-4-16-15(17-12)13-3-5-19(10-13)14(20)11-18-6-8-21-9-7-18/h2,4,13H,3,5-11H2,1H3/t13-/m1/s1. The number of carbonyl (C=O) groups is 1. The highest BCUT2D eigenvalue weighted by Gasteiger charge is 2.29. The Kier molecular flexibility index (Phi) is 4.45. The summed E-state index contributed by atoms with van der Waals surface area (Å²) in [4.78, 5) is 25.3. The third kappa shape index (κ3) is 3.57. The molecule has 2 fully saturated rings. The molecule has 0 bridgehead atoms. The van der Waals surface area contributed by atoms with E-state index in [1.165, 1.54) is 0 Å². The molecule has 0 N–H and O–H groups in total. The number of nitrogens with zero attached hydrogens (tertiary/aromatic N) is 4. The van der Waals surface area contributed by atoms with Crippen LogP contribution in [0.3, 0.4) is 0 Å². The zero-order chi connectivity index (χ0) is 14.7. The van der Waals surface area contributed by atoms with Gasteiger partial charge in [-0.25, -0.2) is 9.97 Å². The summed E-state index contributed by atoms with van der Waals surface area (Å²) in [5, 5.41) is 0. The number of hydrogen-bond donors (Lipinski definition) is 0. The number of aromatic nitrogens is 2. The maximum absolute atomic E-state index is 12.4. The second kappa shape index (κ2) is 6.49. The summed E-state index contributed by atoms with van der Waals surface area (Å²) in [6.07, 6.45) is 2.76. The number of carbonyl (C=O) groups excluding carboxylic acids is 1. The summed E-state index contributed by atoms with van der Waals surface area (Å²) >= 11 is 0. The molecule has 1 aromatic rings. The molecule has 0 aliphatic carbocycles. The minimum Gasteiger partial charge on any atom is -0.379 e. The normalized spacial score (nSPS) is 23.5. The minimum absolute atomic E-state index is 0.215. The molecule has 2 aliphatic rings. The summed E-state index contributed by atoms with van der Waals surface area (Å²) in [7, 11) is 0. The van der Waals surface area contributed by atoms with E-state index in [1.807, 2.05) is 17.9 Å². The van der Waals surface area contributed by atoms with Gasteiger partial charge in [0, 0.05) is 44.0 Å². The van der Waals surface area contributed by atoms with Crippen LogP contribution in [0, 0.1) is 6.92 Å². The highest BCUT2D eigenvalue weighted by Crippen LogP contribution is 2.24. The van der Waals surface area contributed by atoms with Gasteiger partial charge in [-0.05, 0) is 19.4 Å². The van der Waals surface area contributed by atoms with E-state index in [-0.39, 0.29) is 11.8 Å². The van der Waals surface area contributed by atoms with Crippen molar-refractivity contribution in [2.75, 3.05) is 45.9 Å². The van der Waals surface area contributed by atoms with Crippen LogP contribution in [-0.2, 0) is 9.53 Å². The Morgan fingerprint density at radius 3 is 2.95 bits per heavy atom. The lowest BCUT2D eigenvalue weighted by atomic mass is 10.1. The number of amides is 1. The van der Waals surface area contributed by atoms with Gasteiger partial charge in [0.05, 0.1) is 19.8 Å². The molecule has 1 amide bonds. The predicted octanol–water partition coefficient (Wildman–Crippen LogP) is 0.433. The van der Waals surface area contributed by atoms with Crippen LogP contribution in [0.15, 0.2) is 12.3 Å². The molecule has 0 radical (unpaired) electrons. The predicted molar refractivity (Wildman–Crippen MR) is 78.0 cm³/mol. The molecule has 3 heterocycles. The minimum atomic E-state index is 0.215. The van der Waals surface area contributed by atoms with Gasteiger partial charge >= 0.3 is 0 Å². The van der Waals surface area contributed by atoms with Crippen molar-refractivity contribution in [3.05, 3.63) is 23.8 Å². The Balaban J connectivity index is 1.55. The largest absolute Gasteiger partial charge is 0.379 e. The van der Waals surface area contributed by atoms with Gasteiger partial charge in [-0.15, -0.1) is 0 Å². The monoisotopic (exact) mass is 290 g/mol. The number of ether oxygens (including phenoxy) is 1. The Hall–Kier alpha value is -1.53. The van der Waals surface area contributed by atoms with Gasteiger partial charge in [0.2, 0.25) is 5.91 Å². The number of likely N-dealkylation sites (tertiary alicyclic amines) is 1. The number of hydrogen-bond acceptors (Lipinski definition) is 5. The lowest BCUT2D eigenvalue weighted by Crippen LogP contribution is -2.44. The highest BCUT2D eigenvalue weighted by molar-refractivity contribution is 5.78. The summed E-state index contributed by atoms with van der Waals surface area (Å²) in [5.74, 6) is 1.36. The molecule has 1 atom stereocenters. The summed E-state index contributed by atoms with van der Waals surface area (Å²) in [6, 6.07) is 1.90. The van der Waals surface area contributed by atoms with Gasteiger partial charge in [0.25, 0.3) is 0 Å². The Bertz CT molecular complexity index is 502. The molecule has 0 aromatic carbocycles. The first kappa shape index (κ1) is 14.4. The van der Waals surface area contributed by atoms with E-state index in [9.17, 15) is 4.79 Å². The lowest BCUT2D eigenvalue weighted by Gasteiger charge is -2.28. The van der Waals surface area contributed by atoms with Crippen LogP contribution in [0.4, 0.5) is 0 Å². The summed E-state index contributed by atoms with van der Waals surface area (Å²) in [5.41, 5.74) is 0.984. The molecule has 0 spiro atoms. The van der Waals surface area contributed by atoms with E-state index in [2.05, 4.69) is 14.9 Å². The number of morpholine rings is 1. The van der Waals surface area contributed by atoms with Gasteiger partial charge in [0.15, 0.2) is 0 Å². The van der Waals surface area contributed by atoms with Crippen LogP contribution in [0.2, 0.25) is 0 Å². The highest BCUT2D eigenvalue weighted by atomic mass is 16.5. The van der Waals surface area contributed by atoms with Crippen molar-refractivity contribution in [1.29, 1.82) is 0 Å². The molecule has 1 aromatic heterocycles. The summed E-state index contributed by atoms with van der Waals surface area (Å²) < 4.78 is 5.31. The molecule has 0 saturated carbocycles. The van der Waals surface area contributed by atoms with Gasteiger partial charge in [-0.1, -0.05) is 0 Å². The topological polar surface area (TPSA) is 58.6 Å². The van der Waals surface area contributed by atoms with E-state index in [0.29, 0.717) is 6.54 Å². The molecular formula is C15H22N4O2. The third-order valence-electron chi connectivity index (χ3n) is 4.18. The molecule has 2 saturated heterocycles. The average Bonchev–Trinajstić information content (AvgIpc) is 2.98. The fourth-order valence-electron chi connectivity index (χ4n) is 2.91. The Labute approximate surface area is 125 Å². The van der Waals surface area contributed by atoms with E-state index >= 15 is 0 Å². The van der Waals surface area contributed by atoms with Gasteiger partial charge in [-0.2, -0.15) is 0 Å². The van der Waals surface area contributed by atoms with Gasteiger partial charge in [0.1, 0.15) is 5.82 Å². The zero-order valence-electron chi connectivity index (χ0n) is 12.5. The average molecular weight is 290 g/mol. The molecule has 6 nitrogen and oxygen atoms in total. The molecular weight excluding hydrogens is 268 g/mol. The molecule has 3 rings (SSSR count). The molecule has 2 aliphatic heterocycles. The fraction of sp³-hybridized carbons (Fsp3) is 0.667. The van der Waals surface area contributed by atoms with E-state index < -0.39 is 0 Å². The van der Waals surface area contributed by atoms with Gasteiger partial charge < -0.3 is 9.64 Å². The molecule has 0 unspecified atom stereocenters. The maximum atomic E-state index is 12.4. The zero-order valence-corrected chi connectivity index (χ0v) is 12.5. The van der Waals surface area contributed by atoms with Crippen LogP contribution in [-0.4, -0.2) is 71.6 Å². The van der Waals surface area contributed by atoms with Crippen LogP contribution < -0.4 is 0 Å². The smallest absolute Gasteiger partial charge is 0.236 e. The first-order valence-electron chi connectivity index (χ1n) is 7.60. The first-order valence-corrected chi connectivity index (χ1v) is 7.60. The first-order chi connectivity index (χ1) is 10.2. The van der Waals surface area contributed by atoms with Crippen molar-refractivity contribution in [2.24, 2.45) is 0 Å². The second-order valence-corrected chi connectivity index (χ2v) is 5.77. The van der Waals surface area contributed by atoms with Crippen molar-refractivity contribution in [2.45, 2.75) is 19.3 Å². The van der Waals surface area contributed by atoms with Crippen molar-refractivity contribution in [3.63, 3.8) is 0 Å². The number of aryl methyl sites for hydroxylation is 1. The van der Waals surface area contributed by atoms with Gasteiger partial charge in [-0.3, -0.25) is 9.69 Å². The molecule has 6 heteroatoms. The van der Waals surface area contributed by atoms with Crippen LogP contribution in [0.1, 0.15) is 23.9 Å². The van der Waals surface area contributed by atoms with Crippen molar-refractivity contribution in [3.8, 4) is 0 Å². The van der Waals surface area contributed by atoms with E-state index in [0.717, 1.165) is 57.3 Å². The Morgan fingerprint density at radius 2 is 2.19 bits per heavy atom. The number of rotatable bonds is 3. The maximum Gasteiger partial charge on any atom is 0.236 e. The van der Waals surface area contributed by atoms with Crippen molar-refractivity contribution in [1.82, 2.24) is 19.8 Å². The van der Waals surface area contributed by atoms with Crippen molar-refractivity contribution >= 4 is 5.91 Å². The Morgan fingerprint density at radius 1 is 1.38 bits per heavy atom. The fourth-order valence-corrected chi connectivity index (χ4v) is 2.91. The van der Waals surface area contributed by atoms with E-state index in [1.54, 1.807) is 6.20 Å². The summed E-state index contributed by atoms with van der Waals surface area (Å²) in [6.45, 7) is 7.19. The quantitative estimate of drug-likeness (QED) is 0.808. The lowest BCUT2D eigenvalue weighted by molar-refractivity contribution is -0.132. The second-order valence-electron chi connectivity index (χ2n) is 5.77.